The molecule has 0 aliphatic carbocycles. The highest BCUT2D eigenvalue weighted by molar-refractivity contribution is 5.82. The van der Waals surface area contributed by atoms with Crippen LogP contribution in [0, 0.1) is 11.8 Å². The Morgan fingerprint density at radius 2 is 2.15 bits per heavy atom. The van der Waals surface area contributed by atoms with Crippen molar-refractivity contribution in [2.24, 2.45) is 17.6 Å². The number of rotatable bonds is 3. The van der Waals surface area contributed by atoms with Crippen LogP contribution in [-0.2, 0) is 4.79 Å². The third kappa shape index (κ3) is 2.19. The first-order chi connectivity index (χ1) is 6.06. The maximum Gasteiger partial charge on any atom is 0.239 e. The van der Waals surface area contributed by atoms with E-state index in [2.05, 4.69) is 0 Å². The maximum absolute atomic E-state index is 11.5. The van der Waals surface area contributed by atoms with E-state index in [0.717, 1.165) is 0 Å². The lowest BCUT2D eigenvalue weighted by Gasteiger charge is -2.40. The van der Waals surface area contributed by atoms with Gasteiger partial charge in [0.05, 0.1) is 6.04 Å². The monoisotopic (exact) mass is 186 g/mol. The van der Waals surface area contributed by atoms with E-state index in [-0.39, 0.29) is 30.4 Å². The van der Waals surface area contributed by atoms with E-state index in [1.165, 1.54) is 0 Å². The Hall–Kier alpha value is -0.610. The summed E-state index contributed by atoms with van der Waals surface area (Å²) in [5.41, 5.74) is 5.70. The highest BCUT2D eigenvalue weighted by Crippen LogP contribution is 2.16. The van der Waals surface area contributed by atoms with Gasteiger partial charge in [0.25, 0.3) is 0 Å². The van der Waals surface area contributed by atoms with Crippen LogP contribution in [0.5, 0.6) is 0 Å². The summed E-state index contributed by atoms with van der Waals surface area (Å²) in [5, 5.41) is 8.76. The van der Waals surface area contributed by atoms with E-state index in [0.29, 0.717) is 13.1 Å². The molecule has 4 heteroatoms. The second-order valence-electron chi connectivity index (χ2n) is 4.06. The molecule has 76 valence electrons. The molecule has 1 fully saturated rings. The third-order valence-corrected chi connectivity index (χ3v) is 2.53. The molecule has 0 radical (unpaired) electrons. The standard InChI is InChI=1S/C9H18N2O2/c1-6(2)8(10)9(13)11-3-7(4-11)5-12/h6-8,12H,3-5,10H2,1-2H3/t8-/m1/s1. The Bertz CT molecular complexity index is 188. The molecule has 0 unspecified atom stereocenters. The van der Waals surface area contributed by atoms with Gasteiger partial charge >= 0.3 is 0 Å². The van der Waals surface area contributed by atoms with Gasteiger partial charge in [-0.15, -0.1) is 0 Å². The Balaban J connectivity index is 2.34. The molecule has 3 N–H and O–H groups in total. The van der Waals surface area contributed by atoms with Crippen molar-refractivity contribution in [2.75, 3.05) is 19.7 Å². The van der Waals surface area contributed by atoms with Gasteiger partial charge in [-0.3, -0.25) is 4.79 Å². The first-order valence-electron chi connectivity index (χ1n) is 4.71. The van der Waals surface area contributed by atoms with E-state index >= 15 is 0 Å². The molecule has 1 amide bonds. The Kier molecular flexibility index (Phi) is 3.27. The number of likely N-dealkylation sites (tertiary alicyclic amines) is 1. The average Bonchev–Trinajstić information content (AvgIpc) is 2.00. The Morgan fingerprint density at radius 3 is 2.54 bits per heavy atom. The first kappa shape index (κ1) is 10.5. The molecule has 0 aromatic carbocycles. The lowest BCUT2D eigenvalue weighted by atomic mass is 9.97. The zero-order valence-electron chi connectivity index (χ0n) is 8.23. The SMILES string of the molecule is CC(C)[C@@H](N)C(=O)N1CC(CO)C1. The van der Waals surface area contributed by atoms with Crippen LogP contribution in [0.4, 0.5) is 0 Å². The molecule has 0 aromatic heterocycles. The summed E-state index contributed by atoms with van der Waals surface area (Å²) in [5.74, 6) is 0.462. The minimum atomic E-state index is -0.389. The van der Waals surface area contributed by atoms with Crippen LogP contribution in [0.15, 0.2) is 0 Å². The maximum atomic E-state index is 11.5. The van der Waals surface area contributed by atoms with Crippen molar-refractivity contribution < 1.29 is 9.90 Å². The molecule has 0 bridgehead atoms. The van der Waals surface area contributed by atoms with Gasteiger partial charge in [0.15, 0.2) is 0 Å². The van der Waals surface area contributed by atoms with Crippen molar-refractivity contribution in [1.82, 2.24) is 4.90 Å². The minimum absolute atomic E-state index is 0.0136. The highest BCUT2D eigenvalue weighted by atomic mass is 16.3. The Morgan fingerprint density at radius 1 is 1.62 bits per heavy atom. The van der Waals surface area contributed by atoms with Crippen LogP contribution in [0.3, 0.4) is 0 Å². The van der Waals surface area contributed by atoms with Crippen molar-refractivity contribution in [3.63, 3.8) is 0 Å². The van der Waals surface area contributed by atoms with E-state index < -0.39 is 0 Å². The number of hydrogen-bond acceptors (Lipinski definition) is 3. The van der Waals surface area contributed by atoms with Crippen LogP contribution in [0.1, 0.15) is 13.8 Å². The molecular weight excluding hydrogens is 168 g/mol. The molecule has 0 spiro atoms. The fourth-order valence-electron chi connectivity index (χ4n) is 1.36. The predicted molar refractivity (Wildman–Crippen MR) is 50.0 cm³/mol. The van der Waals surface area contributed by atoms with Gasteiger partial charge in [-0.1, -0.05) is 13.8 Å². The molecule has 0 saturated carbocycles. The van der Waals surface area contributed by atoms with Crippen molar-refractivity contribution in [3.05, 3.63) is 0 Å². The zero-order chi connectivity index (χ0) is 10.0. The molecule has 1 rings (SSSR count). The summed E-state index contributed by atoms with van der Waals surface area (Å²) in [6.45, 7) is 5.37. The summed E-state index contributed by atoms with van der Waals surface area (Å²) in [6.07, 6.45) is 0. The van der Waals surface area contributed by atoms with Gasteiger partial charge in [0.1, 0.15) is 0 Å². The van der Waals surface area contributed by atoms with Gasteiger partial charge < -0.3 is 15.7 Å². The topological polar surface area (TPSA) is 66.6 Å². The summed E-state index contributed by atoms with van der Waals surface area (Å²) < 4.78 is 0. The number of nitrogens with zero attached hydrogens (tertiary/aromatic N) is 1. The van der Waals surface area contributed by atoms with Crippen LogP contribution in [0.25, 0.3) is 0 Å². The number of hydrogen-bond donors (Lipinski definition) is 2. The molecule has 4 nitrogen and oxygen atoms in total. The predicted octanol–water partition coefficient (Wildman–Crippen LogP) is -0.580. The van der Waals surface area contributed by atoms with Crippen molar-refractivity contribution in [3.8, 4) is 0 Å². The molecule has 1 atom stereocenters. The summed E-state index contributed by atoms with van der Waals surface area (Å²) in [7, 11) is 0. The molecule has 1 aliphatic rings. The van der Waals surface area contributed by atoms with Gasteiger partial charge in [0.2, 0.25) is 5.91 Å². The minimum Gasteiger partial charge on any atom is -0.396 e. The summed E-state index contributed by atoms with van der Waals surface area (Å²) in [6, 6.07) is -0.389. The largest absolute Gasteiger partial charge is 0.396 e. The number of aliphatic hydroxyl groups is 1. The van der Waals surface area contributed by atoms with Gasteiger partial charge in [-0.25, -0.2) is 0 Å². The normalized spacial score (nSPS) is 20.2. The van der Waals surface area contributed by atoms with Crippen molar-refractivity contribution in [2.45, 2.75) is 19.9 Å². The number of amides is 1. The molecule has 1 aliphatic heterocycles. The highest BCUT2D eigenvalue weighted by Gasteiger charge is 2.33. The third-order valence-electron chi connectivity index (χ3n) is 2.53. The smallest absolute Gasteiger partial charge is 0.239 e. The van der Waals surface area contributed by atoms with E-state index in [4.69, 9.17) is 10.8 Å². The fourth-order valence-corrected chi connectivity index (χ4v) is 1.36. The van der Waals surface area contributed by atoms with Crippen LogP contribution in [-0.4, -0.2) is 41.7 Å². The molecule has 0 aromatic rings. The van der Waals surface area contributed by atoms with Gasteiger partial charge in [-0.2, -0.15) is 0 Å². The Labute approximate surface area is 78.7 Å². The van der Waals surface area contributed by atoms with Crippen molar-refractivity contribution in [1.29, 1.82) is 0 Å². The van der Waals surface area contributed by atoms with E-state index in [9.17, 15) is 4.79 Å². The quantitative estimate of drug-likeness (QED) is 0.619. The van der Waals surface area contributed by atoms with E-state index in [1.807, 2.05) is 13.8 Å². The number of carbonyl (C=O) groups is 1. The molecular formula is C9H18N2O2. The molecule has 13 heavy (non-hydrogen) atoms. The van der Waals surface area contributed by atoms with E-state index in [1.54, 1.807) is 4.90 Å². The fraction of sp³-hybridized carbons (Fsp3) is 0.889. The van der Waals surface area contributed by atoms with Gasteiger partial charge in [0, 0.05) is 25.6 Å². The zero-order valence-corrected chi connectivity index (χ0v) is 8.23. The first-order valence-corrected chi connectivity index (χ1v) is 4.71. The molecule has 1 saturated heterocycles. The number of nitrogens with two attached hydrogens (primary N) is 1. The lowest BCUT2D eigenvalue weighted by molar-refractivity contribution is -0.140. The van der Waals surface area contributed by atoms with Crippen LogP contribution >= 0.6 is 0 Å². The van der Waals surface area contributed by atoms with Gasteiger partial charge in [-0.05, 0) is 5.92 Å². The van der Waals surface area contributed by atoms with Crippen LogP contribution < -0.4 is 5.73 Å². The average molecular weight is 186 g/mol. The summed E-state index contributed by atoms with van der Waals surface area (Å²) >= 11 is 0. The lowest BCUT2D eigenvalue weighted by Crippen LogP contribution is -2.57. The van der Waals surface area contributed by atoms with Crippen LogP contribution in [0.2, 0.25) is 0 Å². The number of carbonyl (C=O) groups excluding carboxylic acids is 1. The second-order valence-corrected chi connectivity index (χ2v) is 4.06. The molecule has 1 heterocycles. The number of aliphatic hydroxyl groups excluding tert-OH is 1. The van der Waals surface area contributed by atoms with Crippen molar-refractivity contribution >= 4 is 5.91 Å². The summed E-state index contributed by atoms with van der Waals surface area (Å²) in [4.78, 5) is 13.3. The second kappa shape index (κ2) is 4.07.